The van der Waals surface area contributed by atoms with Crippen LogP contribution >= 0.6 is 0 Å². The first kappa shape index (κ1) is 35.8. The predicted molar refractivity (Wildman–Crippen MR) is 171 cm³/mol. The number of rotatable bonds is 4. The molecule has 0 amide bonds. The van der Waals surface area contributed by atoms with E-state index < -0.39 is 0 Å². The van der Waals surface area contributed by atoms with Crippen molar-refractivity contribution in [3.8, 4) is 0 Å². The summed E-state index contributed by atoms with van der Waals surface area (Å²) < 4.78 is 0. The fourth-order valence-electron chi connectivity index (χ4n) is 8.53. The SMILES string of the molecule is C=C.C=C1C=C2CCC3C(CCC4(C)C(C(C)=N)CCC34)C2(C)CC1.CC.CN(C)NN(C)C1CCC1.CO. The van der Waals surface area contributed by atoms with Crippen molar-refractivity contribution in [1.29, 1.82) is 5.41 Å². The van der Waals surface area contributed by atoms with E-state index in [-0.39, 0.29) is 0 Å². The molecule has 6 atom stereocenters. The molecule has 0 radical (unpaired) electrons. The third kappa shape index (κ3) is 7.93. The Morgan fingerprint density at radius 3 is 2.08 bits per heavy atom. The molecule has 6 unspecified atom stereocenters. The van der Waals surface area contributed by atoms with E-state index in [0.29, 0.717) is 16.7 Å². The molecule has 5 nitrogen and oxygen atoms in total. The molecule has 5 aliphatic carbocycles. The summed E-state index contributed by atoms with van der Waals surface area (Å²) in [5, 5.41) is 19.4. The van der Waals surface area contributed by atoms with Gasteiger partial charge < -0.3 is 10.5 Å². The highest BCUT2D eigenvalue weighted by Crippen LogP contribution is 2.66. The van der Waals surface area contributed by atoms with Crippen LogP contribution in [-0.2, 0) is 0 Å². The number of hydrogen-bond acceptors (Lipinski definition) is 5. The van der Waals surface area contributed by atoms with Crippen LogP contribution in [0.3, 0.4) is 0 Å². The fourth-order valence-corrected chi connectivity index (χ4v) is 8.53. The minimum atomic E-state index is 0.419. The van der Waals surface area contributed by atoms with Crippen molar-refractivity contribution in [2.75, 3.05) is 28.3 Å². The minimum absolute atomic E-state index is 0.419. The molecule has 0 aromatic carbocycles. The maximum Gasteiger partial charge on any atom is 0.0319 e. The van der Waals surface area contributed by atoms with Gasteiger partial charge in [-0.25, -0.2) is 10.0 Å². The highest BCUT2D eigenvalue weighted by Gasteiger charge is 2.58. The topological polar surface area (TPSA) is 62.6 Å². The van der Waals surface area contributed by atoms with Gasteiger partial charge in [0, 0.05) is 45.9 Å². The average molecular weight is 545 g/mol. The van der Waals surface area contributed by atoms with Gasteiger partial charge in [-0.15, -0.1) is 13.2 Å². The van der Waals surface area contributed by atoms with Crippen LogP contribution in [0.15, 0.2) is 37.0 Å². The lowest BCUT2D eigenvalue weighted by molar-refractivity contribution is -0.0417. The number of nitrogens with zero attached hydrogens (tertiary/aromatic N) is 2. The van der Waals surface area contributed by atoms with Crippen molar-refractivity contribution in [3.63, 3.8) is 0 Å². The third-order valence-corrected chi connectivity index (χ3v) is 10.6. The Morgan fingerprint density at radius 1 is 0.949 bits per heavy atom. The quantitative estimate of drug-likeness (QED) is 0.190. The zero-order valence-electron chi connectivity index (χ0n) is 27.2. The molecule has 4 fully saturated rings. The molecule has 5 aliphatic rings. The normalized spacial score (nSPS) is 34.5. The van der Waals surface area contributed by atoms with Crippen molar-refractivity contribution in [1.82, 2.24) is 15.6 Å². The Labute approximate surface area is 242 Å². The van der Waals surface area contributed by atoms with Crippen LogP contribution in [0, 0.1) is 39.9 Å². The van der Waals surface area contributed by atoms with E-state index in [1.54, 1.807) is 5.57 Å². The van der Waals surface area contributed by atoms with E-state index in [9.17, 15) is 0 Å². The zero-order valence-corrected chi connectivity index (χ0v) is 27.2. The van der Waals surface area contributed by atoms with Crippen LogP contribution in [0.5, 0.6) is 0 Å². The highest BCUT2D eigenvalue weighted by atomic mass is 16.2. The molecular formula is C34H64N4O. The predicted octanol–water partition coefficient (Wildman–Crippen LogP) is 8.05. The molecular weight excluding hydrogens is 480 g/mol. The number of allylic oxidation sites excluding steroid dienone is 3. The Bertz CT molecular complexity index is 803. The van der Waals surface area contributed by atoms with Gasteiger partial charge in [0.2, 0.25) is 0 Å². The van der Waals surface area contributed by atoms with E-state index in [1.165, 1.54) is 76.2 Å². The zero-order chi connectivity index (χ0) is 30.0. The Morgan fingerprint density at radius 2 is 1.56 bits per heavy atom. The summed E-state index contributed by atoms with van der Waals surface area (Å²) in [4.78, 5) is 0. The summed E-state index contributed by atoms with van der Waals surface area (Å²) in [7, 11) is 7.12. The van der Waals surface area contributed by atoms with Crippen molar-refractivity contribution >= 4 is 5.71 Å². The van der Waals surface area contributed by atoms with Crippen LogP contribution < -0.4 is 5.53 Å². The summed E-state index contributed by atoms with van der Waals surface area (Å²) in [6.07, 6.45) is 17.1. The van der Waals surface area contributed by atoms with Crippen LogP contribution in [0.1, 0.15) is 105 Å². The lowest BCUT2D eigenvalue weighted by Gasteiger charge is -2.58. The lowest BCUT2D eigenvalue weighted by Crippen LogP contribution is -2.51. The second kappa shape index (κ2) is 16.2. The number of nitrogens with one attached hydrogen (secondary N) is 2. The van der Waals surface area contributed by atoms with Gasteiger partial charge in [0.15, 0.2) is 0 Å². The van der Waals surface area contributed by atoms with Gasteiger partial charge in [-0.3, -0.25) is 0 Å². The molecule has 0 bridgehead atoms. The van der Waals surface area contributed by atoms with Crippen LogP contribution in [-0.4, -0.2) is 55.1 Å². The van der Waals surface area contributed by atoms with Gasteiger partial charge in [-0.1, -0.05) is 57.9 Å². The van der Waals surface area contributed by atoms with Crippen LogP contribution in [0.2, 0.25) is 0 Å². The van der Waals surface area contributed by atoms with Gasteiger partial charge in [0.1, 0.15) is 0 Å². The number of aliphatic hydroxyl groups is 1. The van der Waals surface area contributed by atoms with E-state index in [2.05, 4.69) is 64.2 Å². The molecule has 0 aromatic rings. The molecule has 0 saturated heterocycles. The first-order chi connectivity index (χ1) is 18.6. The first-order valence-electron chi connectivity index (χ1n) is 15.6. The first-order valence-corrected chi connectivity index (χ1v) is 15.6. The van der Waals surface area contributed by atoms with E-state index in [0.717, 1.165) is 36.6 Å². The summed E-state index contributed by atoms with van der Waals surface area (Å²) in [5.41, 5.74) is 8.10. The Kier molecular flexibility index (Phi) is 14.9. The van der Waals surface area contributed by atoms with Crippen LogP contribution in [0.25, 0.3) is 0 Å². The molecule has 5 heteroatoms. The van der Waals surface area contributed by atoms with Gasteiger partial charge >= 0.3 is 0 Å². The Hall–Kier alpha value is -1.27. The summed E-state index contributed by atoms with van der Waals surface area (Å²) >= 11 is 0. The molecule has 0 aliphatic heterocycles. The third-order valence-electron chi connectivity index (χ3n) is 10.6. The summed E-state index contributed by atoms with van der Waals surface area (Å²) in [6.45, 7) is 21.4. The molecule has 39 heavy (non-hydrogen) atoms. The monoisotopic (exact) mass is 545 g/mol. The second-order valence-corrected chi connectivity index (χ2v) is 12.7. The fraction of sp³-hybridized carbons (Fsp3) is 0.794. The maximum atomic E-state index is 8.26. The summed E-state index contributed by atoms with van der Waals surface area (Å²) in [6, 6.07) is 0.766. The minimum Gasteiger partial charge on any atom is -0.400 e. The lowest BCUT2D eigenvalue weighted by atomic mass is 9.46. The van der Waals surface area contributed by atoms with E-state index in [4.69, 9.17) is 10.5 Å². The molecule has 4 saturated carbocycles. The van der Waals surface area contributed by atoms with Gasteiger partial charge in [-0.05, 0) is 99.7 Å². The molecule has 0 heterocycles. The molecule has 226 valence electrons. The number of fused-ring (bicyclic) bond motifs is 5. The van der Waals surface area contributed by atoms with Crippen molar-refractivity contribution in [3.05, 3.63) is 37.0 Å². The van der Waals surface area contributed by atoms with Crippen LogP contribution in [0.4, 0.5) is 0 Å². The highest BCUT2D eigenvalue weighted by molar-refractivity contribution is 5.82. The van der Waals surface area contributed by atoms with Crippen molar-refractivity contribution in [2.45, 2.75) is 111 Å². The Balaban J connectivity index is 0.000000400. The van der Waals surface area contributed by atoms with E-state index in [1.807, 2.05) is 33.0 Å². The summed E-state index contributed by atoms with van der Waals surface area (Å²) in [5.74, 6) is 3.23. The van der Waals surface area contributed by atoms with Gasteiger partial charge in [0.25, 0.3) is 0 Å². The standard InChI is InChI=1S/C22H33N.C7H17N3.C2H6.C2H4.CH4O/c1-14-9-11-21(3)16(13-14)5-6-17-19-8-7-18(15(2)23)22(19,4)12-10-20(17)21;1-9(2)8-10(3)7-5-4-6-7;3*1-2/h13,17-20,23H,1,5-12H2,2-4H3;7-8H,4-6H2,1-3H3;1-2H3;1-2H2;2H,1H3. The van der Waals surface area contributed by atoms with Gasteiger partial charge in [0.05, 0.1) is 0 Å². The van der Waals surface area contributed by atoms with E-state index >= 15 is 0 Å². The molecule has 0 spiro atoms. The number of hydrazine groups is 2. The molecule has 5 rings (SSSR count). The number of hydrogen-bond donors (Lipinski definition) is 3. The number of aliphatic hydroxyl groups excluding tert-OH is 1. The van der Waals surface area contributed by atoms with Gasteiger partial charge in [-0.2, -0.15) is 5.53 Å². The average Bonchev–Trinajstić information content (AvgIpc) is 3.24. The smallest absolute Gasteiger partial charge is 0.0319 e. The molecule has 0 aromatic heterocycles. The van der Waals surface area contributed by atoms with Crippen molar-refractivity contribution in [2.24, 2.45) is 34.5 Å². The largest absolute Gasteiger partial charge is 0.400 e. The second-order valence-electron chi connectivity index (χ2n) is 12.7. The molecule has 3 N–H and O–H groups in total. The van der Waals surface area contributed by atoms with Crippen molar-refractivity contribution < 1.29 is 5.11 Å². The maximum absolute atomic E-state index is 8.26.